The van der Waals surface area contributed by atoms with Crippen molar-refractivity contribution >= 4 is 29.3 Å². The number of thioether (sulfide) groups is 1. The topological polar surface area (TPSA) is 111 Å². The summed E-state index contributed by atoms with van der Waals surface area (Å²) in [6.07, 6.45) is 3.59. The summed E-state index contributed by atoms with van der Waals surface area (Å²) in [5, 5.41) is 36.7. The second kappa shape index (κ2) is 14.3. The molecule has 0 aliphatic carbocycles. The van der Waals surface area contributed by atoms with E-state index < -0.39 is 41.3 Å². The molecule has 0 aromatic heterocycles. The molecule has 3 rings (SSSR count). The summed E-state index contributed by atoms with van der Waals surface area (Å²) in [5.41, 5.74) is 0.416. The highest BCUT2D eigenvalue weighted by molar-refractivity contribution is 7.99. The van der Waals surface area contributed by atoms with E-state index in [0.717, 1.165) is 50.6 Å². The van der Waals surface area contributed by atoms with Gasteiger partial charge in [0, 0.05) is 0 Å². The lowest BCUT2D eigenvalue weighted by molar-refractivity contribution is -0.205. The Hall–Kier alpha value is -0.940. The molecule has 5 N–H and O–H groups in total. The molecule has 2 saturated heterocycles. The van der Waals surface area contributed by atoms with Crippen molar-refractivity contribution in [3.8, 4) is 0 Å². The first-order chi connectivity index (χ1) is 17.2. The number of nitrogens with one attached hydrogen (secondary N) is 2. The maximum absolute atomic E-state index is 13.1. The van der Waals surface area contributed by atoms with Gasteiger partial charge in [0.05, 0.1) is 17.5 Å². The number of ether oxygens (including phenoxy) is 1. The smallest absolute Gasteiger partial charge is 0.237 e. The van der Waals surface area contributed by atoms with Gasteiger partial charge in [-0.2, -0.15) is 0 Å². The van der Waals surface area contributed by atoms with Crippen LogP contribution < -0.4 is 10.6 Å². The van der Waals surface area contributed by atoms with Crippen LogP contribution in [0.3, 0.4) is 0 Å². The Morgan fingerprint density at radius 1 is 1.17 bits per heavy atom. The van der Waals surface area contributed by atoms with Crippen molar-refractivity contribution in [1.82, 2.24) is 10.6 Å². The normalized spacial score (nSPS) is 32.9. The molecule has 2 aliphatic heterocycles. The maximum atomic E-state index is 13.1. The van der Waals surface area contributed by atoms with Gasteiger partial charge in [-0.3, -0.25) is 4.79 Å². The van der Waals surface area contributed by atoms with Crippen molar-refractivity contribution in [1.29, 1.82) is 0 Å². The van der Waals surface area contributed by atoms with Crippen molar-refractivity contribution < 1.29 is 29.2 Å². The Morgan fingerprint density at radius 3 is 2.56 bits per heavy atom. The number of amides is 1. The van der Waals surface area contributed by atoms with Gasteiger partial charge in [-0.05, 0) is 75.4 Å². The van der Waals surface area contributed by atoms with Crippen molar-refractivity contribution in [2.75, 3.05) is 12.8 Å². The molecule has 0 saturated carbocycles. The summed E-state index contributed by atoms with van der Waals surface area (Å²) >= 11 is 7.61. The number of hydrogen-bond acceptors (Lipinski definition) is 7. The highest BCUT2D eigenvalue weighted by Gasteiger charge is 2.48. The van der Waals surface area contributed by atoms with Gasteiger partial charge in [0.25, 0.3) is 0 Å². The van der Waals surface area contributed by atoms with Gasteiger partial charge in [-0.25, -0.2) is 4.39 Å². The molecule has 1 amide bonds. The van der Waals surface area contributed by atoms with Gasteiger partial charge in [-0.1, -0.05) is 25.0 Å². The lowest BCUT2D eigenvalue weighted by atomic mass is 9.91. The van der Waals surface area contributed by atoms with E-state index >= 15 is 0 Å². The average molecular weight is 547 g/mol. The molecule has 2 heterocycles. The fourth-order valence-electron chi connectivity index (χ4n) is 5.12. The Labute approximate surface area is 222 Å². The van der Waals surface area contributed by atoms with Crippen molar-refractivity contribution in [3.05, 3.63) is 35.6 Å². The molecule has 1 aromatic rings. The van der Waals surface area contributed by atoms with Gasteiger partial charge < -0.3 is 30.7 Å². The van der Waals surface area contributed by atoms with Crippen LogP contribution in [0, 0.1) is 11.7 Å². The van der Waals surface area contributed by atoms with Crippen LogP contribution in [0.5, 0.6) is 0 Å². The zero-order valence-corrected chi connectivity index (χ0v) is 22.6. The van der Waals surface area contributed by atoms with Crippen LogP contribution in [-0.2, 0) is 16.0 Å². The predicted octanol–water partition coefficient (Wildman–Crippen LogP) is 2.58. The Bertz CT molecular complexity index is 818. The van der Waals surface area contributed by atoms with E-state index in [1.54, 1.807) is 13.2 Å². The van der Waals surface area contributed by atoms with E-state index in [1.807, 2.05) is 12.1 Å². The van der Waals surface area contributed by atoms with Crippen LogP contribution >= 0.6 is 23.4 Å². The zero-order valence-electron chi connectivity index (χ0n) is 21.0. The van der Waals surface area contributed by atoms with Crippen LogP contribution in [-0.4, -0.2) is 81.3 Å². The Balaban J connectivity index is 1.48. The Kier molecular flexibility index (Phi) is 11.7. The first-order valence-corrected chi connectivity index (χ1v) is 14.6. The second-order valence-electron chi connectivity index (χ2n) is 10.00. The lowest BCUT2D eigenvalue weighted by Gasteiger charge is -2.44. The largest absolute Gasteiger partial charge is 0.388 e. The summed E-state index contributed by atoms with van der Waals surface area (Å²) in [4.78, 5) is 13.1. The SMILES string of the molecule is CSC1O[C@H]([C@H](NC(=O)[C@@H]2CC[C@H](CCCCc3ccc(F)cc3)CCN2)[C@H](C)Cl)C(O)C(O)[C@H]1O. The summed E-state index contributed by atoms with van der Waals surface area (Å²) in [5.74, 6) is 0.119. The van der Waals surface area contributed by atoms with Crippen LogP contribution in [0.15, 0.2) is 24.3 Å². The van der Waals surface area contributed by atoms with E-state index in [1.165, 1.54) is 23.9 Å². The van der Waals surface area contributed by atoms with Crippen LogP contribution in [0.2, 0.25) is 0 Å². The molecule has 2 fully saturated rings. The number of rotatable bonds is 10. The maximum Gasteiger partial charge on any atom is 0.237 e. The molecular weight excluding hydrogens is 507 g/mol. The van der Waals surface area contributed by atoms with Gasteiger partial charge in [-0.15, -0.1) is 23.4 Å². The molecule has 1 aromatic carbocycles. The minimum atomic E-state index is -1.39. The fourth-order valence-corrected chi connectivity index (χ4v) is 6.01. The monoisotopic (exact) mass is 546 g/mol. The number of benzene rings is 1. The average Bonchev–Trinajstić information content (AvgIpc) is 3.11. The van der Waals surface area contributed by atoms with Crippen molar-refractivity contribution in [2.24, 2.45) is 5.92 Å². The molecule has 36 heavy (non-hydrogen) atoms. The van der Waals surface area contributed by atoms with Gasteiger partial charge in [0.15, 0.2) is 0 Å². The molecule has 2 aliphatic rings. The summed E-state index contributed by atoms with van der Waals surface area (Å²) < 4.78 is 18.9. The first kappa shape index (κ1) is 29.6. The minimum absolute atomic E-state index is 0.207. The van der Waals surface area contributed by atoms with Crippen LogP contribution in [0.4, 0.5) is 4.39 Å². The number of alkyl halides is 1. The molecule has 10 heteroatoms. The van der Waals surface area contributed by atoms with Gasteiger partial charge in [0.2, 0.25) is 5.91 Å². The van der Waals surface area contributed by atoms with E-state index in [2.05, 4.69) is 10.6 Å². The second-order valence-corrected chi connectivity index (χ2v) is 11.6. The van der Waals surface area contributed by atoms with E-state index in [4.69, 9.17) is 16.3 Å². The molecule has 0 radical (unpaired) electrons. The number of hydrogen-bond donors (Lipinski definition) is 5. The molecule has 0 spiro atoms. The summed E-state index contributed by atoms with van der Waals surface area (Å²) in [6, 6.07) is 5.56. The predicted molar refractivity (Wildman–Crippen MR) is 141 cm³/mol. The number of carbonyl (C=O) groups excluding carboxylic acids is 1. The van der Waals surface area contributed by atoms with E-state index in [9.17, 15) is 24.5 Å². The number of aliphatic hydroxyl groups excluding tert-OH is 3. The summed E-state index contributed by atoms with van der Waals surface area (Å²) in [7, 11) is 0. The van der Waals surface area contributed by atoms with Crippen LogP contribution in [0.1, 0.15) is 51.0 Å². The minimum Gasteiger partial charge on any atom is -0.388 e. The number of aryl methyl sites for hydroxylation is 1. The summed E-state index contributed by atoms with van der Waals surface area (Å²) in [6.45, 7) is 2.44. The third-order valence-corrected chi connectivity index (χ3v) is 8.49. The van der Waals surface area contributed by atoms with Crippen LogP contribution in [0.25, 0.3) is 0 Å². The third kappa shape index (κ3) is 8.03. The van der Waals surface area contributed by atoms with Gasteiger partial charge in [0.1, 0.15) is 35.7 Å². The fraction of sp³-hybridized carbons (Fsp3) is 0.731. The Morgan fingerprint density at radius 2 is 1.89 bits per heavy atom. The standard InChI is InChI=1S/C26H40ClFN2O5S/c1-15(27)20(24-22(32)21(31)23(33)26(35-24)36-2)30-25(34)19-12-9-17(13-14-29-19)6-4-3-5-16-7-10-18(28)11-8-16/h7-8,10-11,15,17,19-24,26,29,31-33H,3-6,9,12-14H2,1-2H3,(H,30,34)/t15-,17-,19-,20+,21?,22?,23+,24+,26?/m0/s1. The third-order valence-electron chi connectivity index (χ3n) is 7.36. The number of unbranched alkanes of at least 4 members (excludes halogenated alkanes) is 1. The quantitative estimate of drug-likeness (QED) is 0.226. The molecule has 9 atom stereocenters. The first-order valence-electron chi connectivity index (χ1n) is 12.9. The zero-order chi connectivity index (χ0) is 26.2. The number of carbonyl (C=O) groups is 1. The highest BCUT2D eigenvalue weighted by Crippen LogP contribution is 2.30. The molecule has 204 valence electrons. The molecule has 7 nitrogen and oxygen atoms in total. The lowest BCUT2D eigenvalue weighted by Crippen LogP contribution is -2.65. The molecule has 0 bridgehead atoms. The van der Waals surface area contributed by atoms with Crippen molar-refractivity contribution in [3.63, 3.8) is 0 Å². The highest BCUT2D eigenvalue weighted by atomic mass is 35.5. The molecular formula is C26H40ClFN2O5S. The molecule has 3 unspecified atom stereocenters. The van der Waals surface area contributed by atoms with Crippen molar-refractivity contribution in [2.45, 2.75) is 99.2 Å². The van der Waals surface area contributed by atoms with Gasteiger partial charge >= 0.3 is 0 Å². The number of aliphatic hydroxyl groups is 3. The van der Waals surface area contributed by atoms with E-state index in [0.29, 0.717) is 12.3 Å². The number of halogens is 2. The van der Waals surface area contributed by atoms with E-state index in [-0.39, 0.29) is 17.8 Å².